The number of primary amides is 1. The van der Waals surface area contributed by atoms with Gasteiger partial charge in [-0.1, -0.05) is 13.8 Å². The van der Waals surface area contributed by atoms with Crippen molar-refractivity contribution in [1.29, 1.82) is 0 Å². The topological polar surface area (TPSA) is 101 Å². The monoisotopic (exact) mass is 334 g/mol. The zero-order chi connectivity index (χ0) is 16.4. The molecule has 3 N–H and O–H groups in total. The van der Waals surface area contributed by atoms with Gasteiger partial charge in [0.25, 0.3) is 5.91 Å². The molecule has 0 spiro atoms. The van der Waals surface area contributed by atoms with Crippen molar-refractivity contribution in [2.75, 3.05) is 18.0 Å². The maximum atomic E-state index is 11.2. The van der Waals surface area contributed by atoms with E-state index in [1.807, 2.05) is 0 Å². The average Bonchev–Trinajstić information content (AvgIpc) is 3.16. The van der Waals surface area contributed by atoms with Gasteiger partial charge < -0.3 is 10.6 Å². The highest BCUT2D eigenvalue weighted by atomic mass is 32.1. The molecule has 1 fully saturated rings. The van der Waals surface area contributed by atoms with Crippen molar-refractivity contribution < 1.29 is 4.79 Å². The van der Waals surface area contributed by atoms with Crippen LogP contribution in [0.4, 0.5) is 5.13 Å². The summed E-state index contributed by atoms with van der Waals surface area (Å²) in [7, 11) is 0. The Morgan fingerprint density at radius 1 is 1.57 bits per heavy atom. The van der Waals surface area contributed by atoms with Gasteiger partial charge in [-0.15, -0.1) is 0 Å². The molecule has 0 radical (unpaired) electrons. The fourth-order valence-corrected chi connectivity index (χ4v) is 3.63. The molecule has 7 nitrogen and oxygen atoms in total. The first kappa shape index (κ1) is 15.9. The summed E-state index contributed by atoms with van der Waals surface area (Å²) < 4.78 is 4.46. The lowest BCUT2D eigenvalue weighted by Crippen LogP contribution is -2.34. The second kappa shape index (κ2) is 6.66. The lowest BCUT2D eigenvalue weighted by molar-refractivity contribution is 0.0995. The molecule has 0 saturated carbocycles. The minimum absolute atomic E-state index is 0.298. The van der Waals surface area contributed by atoms with Gasteiger partial charge in [0, 0.05) is 42.7 Å². The summed E-state index contributed by atoms with van der Waals surface area (Å²) in [4.78, 5) is 18.1. The molecule has 1 atom stereocenters. The standard InChI is InChI=1S/C15H22N6OS/c1-9(2)6-13-17-15(23-20-13)21-5-3-4-10(8-21)11-7-12(14(16)22)19-18-11/h7,9-10H,3-6,8H2,1-2H3,(H2,16,22)(H,18,19). The van der Waals surface area contributed by atoms with Crippen LogP contribution in [0.2, 0.25) is 0 Å². The van der Waals surface area contributed by atoms with E-state index in [9.17, 15) is 4.79 Å². The van der Waals surface area contributed by atoms with Crippen molar-refractivity contribution in [3.63, 3.8) is 0 Å². The van der Waals surface area contributed by atoms with Crippen LogP contribution in [0.3, 0.4) is 0 Å². The summed E-state index contributed by atoms with van der Waals surface area (Å²) in [6.07, 6.45) is 3.06. The van der Waals surface area contributed by atoms with Gasteiger partial charge in [0.2, 0.25) is 5.13 Å². The van der Waals surface area contributed by atoms with Gasteiger partial charge in [0.1, 0.15) is 11.5 Å². The Morgan fingerprint density at radius 2 is 2.39 bits per heavy atom. The number of carbonyl (C=O) groups excluding carboxylic acids is 1. The van der Waals surface area contributed by atoms with Crippen molar-refractivity contribution in [2.24, 2.45) is 11.7 Å². The van der Waals surface area contributed by atoms with E-state index in [0.717, 1.165) is 49.0 Å². The molecule has 3 rings (SSSR count). The number of carbonyl (C=O) groups is 1. The molecular formula is C15H22N6OS. The van der Waals surface area contributed by atoms with Crippen LogP contribution >= 0.6 is 11.5 Å². The Kier molecular flexibility index (Phi) is 4.61. The van der Waals surface area contributed by atoms with Gasteiger partial charge in [-0.3, -0.25) is 9.89 Å². The van der Waals surface area contributed by atoms with Crippen LogP contribution in [-0.2, 0) is 6.42 Å². The van der Waals surface area contributed by atoms with Crippen LogP contribution in [0.5, 0.6) is 0 Å². The zero-order valence-corrected chi connectivity index (χ0v) is 14.3. The maximum absolute atomic E-state index is 11.2. The SMILES string of the molecule is CC(C)Cc1nsc(N2CCCC(c3cc(C(N)=O)n[nH]3)C2)n1. The number of nitrogens with one attached hydrogen (secondary N) is 1. The second-order valence-electron chi connectivity index (χ2n) is 6.45. The van der Waals surface area contributed by atoms with E-state index in [0.29, 0.717) is 17.5 Å². The van der Waals surface area contributed by atoms with Gasteiger partial charge in [0.15, 0.2) is 0 Å². The van der Waals surface area contributed by atoms with E-state index in [1.54, 1.807) is 6.07 Å². The number of amides is 1. The van der Waals surface area contributed by atoms with E-state index in [1.165, 1.54) is 11.5 Å². The van der Waals surface area contributed by atoms with E-state index in [-0.39, 0.29) is 0 Å². The molecule has 8 heteroatoms. The number of H-pyrrole nitrogens is 1. The number of rotatable bonds is 5. The number of anilines is 1. The third-order valence-corrected chi connectivity index (χ3v) is 4.84. The zero-order valence-electron chi connectivity index (χ0n) is 13.5. The van der Waals surface area contributed by atoms with Crippen LogP contribution < -0.4 is 10.6 Å². The normalized spacial score (nSPS) is 18.6. The van der Waals surface area contributed by atoms with Crippen molar-refractivity contribution in [2.45, 2.75) is 39.0 Å². The number of piperidine rings is 1. The van der Waals surface area contributed by atoms with Gasteiger partial charge in [0.05, 0.1) is 0 Å². The number of hydrogen-bond donors (Lipinski definition) is 2. The molecule has 0 bridgehead atoms. The van der Waals surface area contributed by atoms with Gasteiger partial charge in [-0.2, -0.15) is 9.47 Å². The van der Waals surface area contributed by atoms with E-state index >= 15 is 0 Å². The quantitative estimate of drug-likeness (QED) is 0.870. The molecule has 1 aliphatic heterocycles. The molecule has 0 aromatic carbocycles. The maximum Gasteiger partial charge on any atom is 0.269 e. The van der Waals surface area contributed by atoms with Gasteiger partial charge in [-0.25, -0.2) is 4.98 Å². The van der Waals surface area contributed by atoms with Crippen molar-refractivity contribution in [3.05, 3.63) is 23.3 Å². The lowest BCUT2D eigenvalue weighted by atomic mass is 9.95. The number of nitrogens with two attached hydrogens (primary N) is 1. The average molecular weight is 334 g/mol. The number of aromatic nitrogens is 4. The molecule has 23 heavy (non-hydrogen) atoms. The predicted octanol–water partition coefficient (Wildman–Crippen LogP) is 1.94. The van der Waals surface area contributed by atoms with Crippen LogP contribution in [0.25, 0.3) is 0 Å². The molecule has 1 amide bonds. The Morgan fingerprint density at radius 3 is 3.09 bits per heavy atom. The predicted molar refractivity (Wildman–Crippen MR) is 89.7 cm³/mol. The number of hydrogen-bond acceptors (Lipinski definition) is 6. The summed E-state index contributed by atoms with van der Waals surface area (Å²) in [5, 5.41) is 7.92. The van der Waals surface area contributed by atoms with Gasteiger partial charge >= 0.3 is 0 Å². The van der Waals surface area contributed by atoms with Crippen molar-refractivity contribution >= 4 is 22.6 Å². The van der Waals surface area contributed by atoms with E-state index in [2.05, 4.69) is 38.3 Å². The molecule has 2 aromatic heterocycles. The molecule has 1 aliphatic rings. The van der Waals surface area contributed by atoms with Gasteiger partial charge in [-0.05, 0) is 24.8 Å². The minimum Gasteiger partial charge on any atom is -0.364 e. The largest absolute Gasteiger partial charge is 0.364 e. The smallest absolute Gasteiger partial charge is 0.269 e. The summed E-state index contributed by atoms with van der Waals surface area (Å²) in [6.45, 7) is 6.19. The molecule has 1 saturated heterocycles. The highest BCUT2D eigenvalue weighted by Gasteiger charge is 2.25. The van der Waals surface area contributed by atoms with Crippen molar-refractivity contribution in [3.8, 4) is 0 Å². The fourth-order valence-electron chi connectivity index (χ4n) is 2.90. The number of nitrogens with zero attached hydrogens (tertiary/aromatic N) is 4. The third kappa shape index (κ3) is 3.69. The molecular weight excluding hydrogens is 312 g/mol. The van der Waals surface area contributed by atoms with Crippen LogP contribution in [0.1, 0.15) is 54.6 Å². The Labute approximate surface area is 139 Å². The first-order valence-electron chi connectivity index (χ1n) is 7.95. The highest BCUT2D eigenvalue weighted by Crippen LogP contribution is 2.30. The number of aromatic amines is 1. The Balaban J connectivity index is 1.70. The van der Waals surface area contributed by atoms with Crippen LogP contribution in [0, 0.1) is 5.92 Å². The summed E-state index contributed by atoms with van der Waals surface area (Å²) >= 11 is 1.47. The molecule has 0 aliphatic carbocycles. The Bertz CT molecular complexity index is 679. The molecule has 124 valence electrons. The van der Waals surface area contributed by atoms with Crippen molar-refractivity contribution in [1.82, 2.24) is 19.6 Å². The van der Waals surface area contributed by atoms with Crippen LogP contribution in [-0.4, -0.2) is 38.6 Å². The van der Waals surface area contributed by atoms with E-state index < -0.39 is 5.91 Å². The minimum atomic E-state index is -0.498. The summed E-state index contributed by atoms with van der Waals surface area (Å²) in [6, 6.07) is 1.76. The summed E-state index contributed by atoms with van der Waals surface area (Å²) in [5.74, 6) is 1.30. The Hall–Kier alpha value is -1.96. The van der Waals surface area contributed by atoms with Crippen LogP contribution in [0.15, 0.2) is 6.07 Å². The summed E-state index contributed by atoms with van der Waals surface area (Å²) in [5.41, 5.74) is 6.54. The third-order valence-electron chi connectivity index (χ3n) is 4.03. The van der Waals surface area contributed by atoms with E-state index in [4.69, 9.17) is 5.73 Å². The second-order valence-corrected chi connectivity index (χ2v) is 7.18. The fraction of sp³-hybridized carbons (Fsp3) is 0.600. The highest BCUT2D eigenvalue weighted by molar-refractivity contribution is 7.09. The molecule has 1 unspecified atom stereocenters. The first-order chi connectivity index (χ1) is 11.0. The lowest BCUT2D eigenvalue weighted by Gasteiger charge is -2.31. The first-order valence-corrected chi connectivity index (χ1v) is 8.73. The molecule has 2 aromatic rings. The molecule has 3 heterocycles.